The molecule has 1 saturated heterocycles. The fraction of sp³-hybridized carbons (Fsp3) is 0.381. The smallest absolute Gasteiger partial charge is 0.246 e. The standard InChI is InChI=1S/C21H26FN3O6S2/c1-31-19-11-8-17(14-20(19)33(29,30)24-12-4-3-5-13-24)23-21(26)15-25(32(2,27)28)18-9-6-16(22)7-10-18/h6-11,14H,3-5,12-13,15H2,1-2H3,(H,23,26). The van der Waals surface area contributed by atoms with E-state index in [9.17, 15) is 26.0 Å². The third-order valence-corrected chi connectivity index (χ3v) is 8.24. The maximum atomic E-state index is 13.2. The minimum atomic E-state index is -3.85. The molecule has 33 heavy (non-hydrogen) atoms. The summed E-state index contributed by atoms with van der Waals surface area (Å²) in [4.78, 5) is 12.6. The summed E-state index contributed by atoms with van der Waals surface area (Å²) in [6, 6.07) is 8.87. The second-order valence-electron chi connectivity index (χ2n) is 7.62. The first-order valence-corrected chi connectivity index (χ1v) is 13.5. The maximum absolute atomic E-state index is 13.2. The van der Waals surface area contributed by atoms with E-state index in [4.69, 9.17) is 4.74 Å². The van der Waals surface area contributed by atoms with Gasteiger partial charge in [-0.25, -0.2) is 21.2 Å². The Bertz CT molecular complexity index is 1210. The number of hydrogen-bond acceptors (Lipinski definition) is 6. The molecular weight excluding hydrogens is 473 g/mol. The number of sulfonamides is 2. The van der Waals surface area contributed by atoms with Gasteiger partial charge in [0, 0.05) is 18.8 Å². The number of amides is 1. The van der Waals surface area contributed by atoms with Crippen LogP contribution in [0.25, 0.3) is 0 Å². The van der Waals surface area contributed by atoms with E-state index in [2.05, 4.69) is 5.32 Å². The largest absolute Gasteiger partial charge is 0.495 e. The molecule has 1 aliphatic heterocycles. The Morgan fingerprint density at radius 3 is 2.27 bits per heavy atom. The minimum absolute atomic E-state index is 0.0804. The van der Waals surface area contributed by atoms with Crippen molar-refractivity contribution in [3.05, 3.63) is 48.3 Å². The summed E-state index contributed by atoms with van der Waals surface area (Å²) in [5, 5.41) is 2.53. The van der Waals surface area contributed by atoms with Crippen molar-refractivity contribution in [1.29, 1.82) is 0 Å². The average molecular weight is 500 g/mol. The Kier molecular flexibility index (Phi) is 7.60. The van der Waals surface area contributed by atoms with Crippen LogP contribution in [0.4, 0.5) is 15.8 Å². The molecule has 1 amide bonds. The topological polar surface area (TPSA) is 113 Å². The SMILES string of the molecule is COc1ccc(NC(=O)CN(c2ccc(F)cc2)S(C)(=O)=O)cc1S(=O)(=O)N1CCCCC1. The fourth-order valence-electron chi connectivity index (χ4n) is 3.54. The molecule has 1 aliphatic rings. The first-order chi connectivity index (χ1) is 15.5. The number of nitrogens with zero attached hydrogens (tertiary/aromatic N) is 2. The predicted molar refractivity (Wildman–Crippen MR) is 123 cm³/mol. The van der Waals surface area contributed by atoms with Gasteiger partial charge in [-0.3, -0.25) is 9.10 Å². The van der Waals surface area contributed by atoms with E-state index in [0.29, 0.717) is 13.1 Å². The Morgan fingerprint density at radius 2 is 1.70 bits per heavy atom. The highest BCUT2D eigenvalue weighted by Crippen LogP contribution is 2.31. The Labute approximate surface area is 193 Å². The summed E-state index contributed by atoms with van der Waals surface area (Å²) < 4.78 is 71.3. The van der Waals surface area contributed by atoms with Gasteiger partial charge in [-0.2, -0.15) is 4.31 Å². The molecule has 1 N–H and O–H groups in total. The Balaban J connectivity index is 1.84. The number of hydrogen-bond donors (Lipinski definition) is 1. The predicted octanol–water partition coefficient (Wildman–Crippen LogP) is 2.41. The molecule has 1 fully saturated rings. The molecule has 2 aromatic rings. The number of rotatable bonds is 8. The van der Waals surface area contributed by atoms with Crippen molar-refractivity contribution in [2.45, 2.75) is 24.2 Å². The van der Waals surface area contributed by atoms with Crippen molar-refractivity contribution in [1.82, 2.24) is 4.31 Å². The number of anilines is 2. The molecule has 0 unspecified atom stereocenters. The summed E-state index contributed by atoms with van der Waals surface area (Å²) in [5.41, 5.74) is 0.293. The first kappa shape index (κ1) is 24.9. The monoisotopic (exact) mass is 499 g/mol. The summed E-state index contributed by atoms with van der Waals surface area (Å²) in [6.45, 7) is 0.233. The summed E-state index contributed by atoms with van der Waals surface area (Å²) >= 11 is 0. The van der Waals surface area contributed by atoms with Gasteiger partial charge in [-0.1, -0.05) is 6.42 Å². The normalized spacial score (nSPS) is 15.1. The number of carbonyl (C=O) groups excluding carboxylic acids is 1. The van der Waals surface area contributed by atoms with Gasteiger partial charge < -0.3 is 10.1 Å². The number of piperidine rings is 1. The molecule has 9 nitrogen and oxygen atoms in total. The number of carbonyl (C=O) groups is 1. The second-order valence-corrected chi connectivity index (χ2v) is 11.4. The molecule has 1 heterocycles. The molecule has 180 valence electrons. The highest BCUT2D eigenvalue weighted by atomic mass is 32.2. The van der Waals surface area contributed by atoms with Crippen molar-refractivity contribution < 1.29 is 30.8 Å². The minimum Gasteiger partial charge on any atom is -0.495 e. The molecule has 2 aromatic carbocycles. The number of ether oxygens (including phenoxy) is 1. The van der Waals surface area contributed by atoms with E-state index in [0.717, 1.165) is 42.0 Å². The van der Waals surface area contributed by atoms with Crippen molar-refractivity contribution in [3.8, 4) is 5.75 Å². The summed E-state index contributed by atoms with van der Waals surface area (Å²) in [7, 11) is -6.33. The quantitative estimate of drug-likeness (QED) is 0.597. The molecule has 0 aromatic heterocycles. The fourth-order valence-corrected chi connectivity index (χ4v) is 6.09. The van der Waals surface area contributed by atoms with E-state index >= 15 is 0 Å². The lowest BCUT2D eigenvalue weighted by Gasteiger charge is -2.26. The van der Waals surface area contributed by atoms with Crippen LogP contribution in [0.1, 0.15) is 19.3 Å². The van der Waals surface area contributed by atoms with Crippen LogP contribution in [0.3, 0.4) is 0 Å². The van der Waals surface area contributed by atoms with Gasteiger partial charge in [0.1, 0.15) is 23.0 Å². The van der Waals surface area contributed by atoms with Gasteiger partial charge >= 0.3 is 0 Å². The molecule has 0 radical (unpaired) electrons. The zero-order chi connectivity index (χ0) is 24.2. The lowest BCUT2D eigenvalue weighted by molar-refractivity contribution is -0.114. The molecule has 3 rings (SSSR count). The highest BCUT2D eigenvalue weighted by molar-refractivity contribution is 7.92. The van der Waals surface area contributed by atoms with Crippen molar-refractivity contribution in [3.63, 3.8) is 0 Å². The van der Waals surface area contributed by atoms with Crippen LogP contribution in [0.5, 0.6) is 5.75 Å². The lowest BCUT2D eigenvalue weighted by Crippen LogP contribution is -2.37. The third kappa shape index (κ3) is 6.01. The van der Waals surface area contributed by atoms with Crippen LogP contribution in [0.2, 0.25) is 0 Å². The lowest BCUT2D eigenvalue weighted by atomic mass is 10.2. The van der Waals surface area contributed by atoms with Crippen LogP contribution in [-0.2, 0) is 24.8 Å². The molecule has 0 atom stereocenters. The highest BCUT2D eigenvalue weighted by Gasteiger charge is 2.29. The molecule has 0 saturated carbocycles. The van der Waals surface area contributed by atoms with Gasteiger partial charge in [0.15, 0.2) is 0 Å². The molecule has 0 bridgehead atoms. The number of nitrogens with one attached hydrogen (secondary N) is 1. The molecular formula is C21H26FN3O6S2. The third-order valence-electron chi connectivity index (χ3n) is 5.18. The van der Waals surface area contributed by atoms with Gasteiger partial charge in [-0.05, 0) is 55.3 Å². The van der Waals surface area contributed by atoms with Crippen LogP contribution in [-0.4, -0.2) is 60.0 Å². The first-order valence-electron chi connectivity index (χ1n) is 10.2. The van der Waals surface area contributed by atoms with Gasteiger partial charge in [-0.15, -0.1) is 0 Å². The molecule has 12 heteroatoms. The van der Waals surface area contributed by atoms with E-state index in [1.54, 1.807) is 0 Å². The number of halogens is 1. The molecule has 0 spiro atoms. The second kappa shape index (κ2) is 10.1. The van der Waals surface area contributed by atoms with Gasteiger partial charge in [0.05, 0.1) is 19.1 Å². The van der Waals surface area contributed by atoms with Gasteiger partial charge in [0.2, 0.25) is 26.0 Å². The Hall–Kier alpha value is -2.70. The maximum Gasteiger partial charge on any atom is 0.246 e. The number of methoxy groups -OCH3 is 1. The van der Waals surface area contributed by atoms with Crippen molar-refractivity contribution >= 4 is 37.3 Å². The van der Waals surface area contributed by atoms with E-state index < -0.39 is 38.3 Å². The van der Waals surface area contributed by atoms with Crippen LogP contribution in [0.15, 0.2) is 47.4 Å². The van der Waals surface area contributed by atoms with E-state index in [1.165, 1.54) is 41.7 Å². The zero-order valence-corrected chi connectivity index (χ0v) is 20.0. The molecule has 0 aliphatic carbocycles. The van der Waals surface area contributed by atoms with Crippen LogP contribution in [0, 0.1) is 5.82 Å². The number of benzene rings is 2. The van der Waals surface area contributed by atoms with Crippen LogP contribution < -0.4 is 14.4 Å². The van der Waals surface area contributed by atoms with Crippen molar-refractivity contribution in [2.75, 3.05) is 42.6 Å². The average Bonchev–Trinajstić information content (AvgIpc) is 2.78. The zero-order valence-electron chi connectivity index (χ0n) is 18.3. The van der Waals surface area contributed by atoms with Crippen molar-refractivity contribution in [2.24, 2.45) is 0 Å². The Morgan fingerprint density at radius 1 is 1.06 bits per heavy atom. The van der Waals surface area contributed by atoms with E-state index in [-0.39, 0.29) is 22.0 Å². The summed E-state index contributed by atoms with van der Waals surface area (Å²) in [6.07, 6.45) is 3.43. The van der Waals surface area contributed by atoms with Gasteiger partial charge in [0.25, 0.3) is 0 Å². The summed E-state index contributed by atoms with van der Waals surface area (Å²) in [5.74, 6) is -1.10. The van der Waals surface area contributed by atoms with Crippen LogP contribution >= 0.6 is 0 Å². The van der Waals surface area contributed by atoms with E-state index in [1.807, 2.05) is 0 Å².